The second kappa shape index (κ2) is 3.65. The Bertz CT molecular complexity index is 141. The van der Waals surface area contributed by atoms with Gasteiger partial charge in [0.2, 0.25) is 0 Å². The van der Waals surface area contributed by atoms with Crippen LogP contribution in [0.2, 0.25) is 0 Å². The fourth-order valence-electron chi connectivity index (χ4n) is 0.165. The van der Waals surface area contributed by atoms with E-state index in [2.05, 4.69) is 32.8 Å². The highest BCUT2D eigenvalue weighted by Gasteiger charge is 1.75. The molecule has 46 valence electrons. The Hall–Kier alpha value is -1.32. The van der Waals surface area contributed by atoms with Gasteiger partial charge in [0.25, 0.3) is 0 Å². The molecular weight excluding hydrogens is 116 g/mol. The van der Waals surface area contributed by atoms with Crippen molar-refractivity contribution in [3.8, 4) is 0 Å². The van der Waals surface area contributed by atoms with Gasteiger partial charge in [0.15, 0.2) is 0 Å². The number of aromatic nitrogens is 4. The lowest BCUT2D eigenvalue weighted by molar-refractivity contribution is 0.761. The van der Waals surface area contributed by atoms with Crippen LogP contribution in [0.3, 0.4) is 0 Å². The van der Waals surface area contributed by atoms with Crippen LogP contribution in [0.25, 0.3) is 0 Å². The predicted octanol–water partition coefficient (Wildman–Crippen LogP) is 0.213. The third-order valence-corrected chi connectivity index (χ3v) is 0.579. The van der Waals surface area contributed by atoms with E-state index in [4.69, 9.17) is 0 Å². The number of allylic oxidation sites excluding steroid dienone is 2. The Morgan fingerprint density at radius 2 is 1.33 bits per heavy atom. The van der Waals surface area contributed by atoms with Crippen molar-refractivity contribution in [2.75, 3.05) is 0 Å². The number of hydrogen-bond acceptors (Lipinski definition) is 4. The molecule has 1 heterocycles. The third kappa shape index (κ3) is 4.53. The molecule has 0 spiro atoms. The molecule has 1 aromatic rings. The minimum absolute atomic E-state index is 1.25. The molecule has 0 aliphatic heterocycles. The molecule has 9 heavy (non-hydrogen) atoms. The molecule has 0 amide bonds. The molecule has 1 aliphatic rings. The lowest BCUT2D eigenvalue weighted by Crippen LogP contribution is -1.84. The second-order valence-electron chi connectivity index (χ2n) is 1.42. The highest BCUT2D eigenvalue weighted by molar-refractivity contribution is 5.02. The molecule has 0 fully saturated rings. The van der Waals surface area contributed by atoms with Crippen molar-refractivity contribution in [3.63, 3.8) is 0 Å². The minimum Gasteiger partial charge on any atom is -0.136 e. The molecule has 0 saturated carbocycles. The molecule has 0 atom stereocenters. The fourth-order valence-corrected chi connectivity index (χ4v) is 0.165. The first-order chi connectivity index (χ1) is 4.50. The Labute approximate surface area is 52.6 Å². The highest BCUT2D eigenvalue weighted by atomic mass is 15.4. The molecule has 1 aliphatic carbocycles. The fraction of sp³-hybridized carbons (Fsp3) is 0.200. The maximum atomic E-state index is 3.36. The van der Waals surface area contributed by atoms with E-state index in [1.165, 1.54) is 18.8 Å². The summed E-state index contributed by atoms with van der Waals surface area (Å²) < 4.78 is 0. The summed E-state index contributed by atoms with van der Waals surface area (Å²) in [6, 6.07) is 0. The Kier molecular flexibility index (Phi) is 2.36. The molecule has 2 rings (SSSR count). The van der Waals surface area contributed by atoms with Crippen LogP contribution in [0.15, 0.2) is 24.5 Å². The monoisotopic (exact) mass is 122 g/mol. The van der Waals surface area contributed by atoms with Crippen LogP contribution in [0.1, 0.15) is 6.42 Å². The topological polar surface area (TPSA) is 51.6 Å². The van der Waals surface area contributed by atoms with Gasteiger partial charge in [-0.1, -0.05) is 12.2 Å². The molecule has 0 unspecified atom stereocenters. The molecule has 0 N–H and O–H groups in total. The van der Waals surface area contributed by atoms with Crippen molar-refractivity contribution in [1.82, 2.24) is 20.6 Å². The summed E-state index contributed by atoms with van der Waals surface area (Å²) in [7, 11) is 0. The van der Waals surface area contributed by atoms with Crippen molar-refractivity contribution >= 4 is 0 Å². The predicted molar refractivity (Wildman–Crippen MR) is 31.4 cm³/mol. The molecule has 1 aromatic heterocycles. The Balaban J connectivity index is 0.000000112. The molecule has 0 saturated heterocycles. The van der Waals surface area contributed by atoms with E-state index in [0.717, 1.165) is 0 Å². The Morgan fingerprint density at radius 1 is 0.889 bits per heavy atom. The maximum Gasteiger partial charge on any atom is 0.0716 e. The standard InChI is InChI=1S/C3H4.C2H2N4/c1-2-3-1;1-2-4-6-5-3-1/h1-2H,3H2;1-2H. The molecular formula is C5H6N4. The molecule has 0 aromatic carbocycles. The zero-order valence-electron chi connectivity index (χ0n) is 4.81. The van der Waals surface area contributed by atoms with E-state index in [9.17, 15) is 0 Å². The molecule has 0 radical (unpaired) electrons. The van der Waals surface area contributed by atoms with Crippen molar-refractivity contribution in [2.24, 2.45) is 0 Å². The van der Waals surface area contributed by atoms with Gasteiger partial charge in [0, 0.05) is 0 Å². The van der Waals surface area contributed by atoms with Crippen LogP contribution in [0.5, 0.6) is 0 Å². The summed E-state index contributed by atoms with van der Waals surface area (Å²) in [6.07, 6.45) is 8.43. The zero-order chi connectivity index (χ0) is 6.36. The van der Waals surface area contributed by atoms with Crippen molar-refractivity contribution < 1.29 is 0 Å². The van der Waals surface area contributed by atoms with E-state index >= 15 is 0 Å². The first-order valence-electron chi connectivity index (χ1n) is 2.60. The van der Waals surface area contributed by atoms with Crippen LogP contribution >= 0.6 is 0 Å². The van der Waals surface area contributed by atoms with Crippen LogP contribution in [0, 0.1) is 0 Å². The van der Waals surface area contributed by atoms with E-state index < -0.39 is 0 Å². The zero-order valence-corrected chi connectivity index (χ0v) is 4.81. The van der Waals surface area contributed by atoms with E-state index in [0.29, 0.717) is 0 Å². The summed E-state index contributed by atoms with van der Waals surface area (Å²) in [4.78, 5) is 0. The summed E-state index contributed by atoms with van der Waals surface area (Å²) in [5.74, 6) is 0. The third-order valence-electron chi connectivity index (χ3n) is 0.579. The quantitative estimate of drug-likeness (QED) is 0.461. The maximum absolute atomic E-state index is 3.36. The normalized spacial score (nSPS) is 11.6. The molecule has 0 bridgehead atoms. The average Bonchev–Trinajstić information content (AvgIpc) is 2.76. The van der Waals surface area contributed by atoms with Crippen LogP contribution in [0.4, 0.5) is 0 Å². The average molecular weight is 122 g/mol. The van der Waals surface area contributed by atoms with Crippen molar-refractivity contribution in [1.29, 1.82) is 0 Å². The lowest BCUT2D eigenvalue weighted by Gasteiger charge is -1.67. The van der Waals surface area contributed by atoms with E-state index in [1.54, 1.807) is 0 Å². The van der Waals surface area contributed by atoms with Crippen LogP contribution in [-0.4, -0.2) is 20.6 Å². The number of rotatable bonds is 0. The lowest BCUT2D eigenvalue weighted by atomic mass is 10.9. The first-order valence-corrected chi connectivity index (χ1v) is 2.60. The smallest absolute Gasteiger partial charge is 0.0716 e. The van der Waals surface area contributed by atoms with E-state index in [1.807, 2.05) is 0 Å². The van der Waals surface area contributed by atoms with Gasteiger partial charge in [-0.25, -0.2) is 0 Å². The van der Waals surface area contributed by atoms with Gasteiger partial charge in [0.05, 0.1) is 12.4 Å². The highest BCUT2D eigenvalue weighted by Crippen LogP contribution is 1.96. The summed E-state index contributed by atoms with van der Waals surface area (Å²) in [6.45, 7) is 0. The van der Waals surface area contributed by atoms with Gasteiger partial charge in [0.1, 0.15) is 0 Å². The largest absolute Gasteiger partial charge is 0.136 e. The van der Waals surface area contributed by atoms with Crippen molar-refractivity contribution in [2.45, 2.75) is 6.42 Å². The summed E-state index contributed by atoms with van der Waals surface area (Å²) in [5.41, 5.74) is 0. The Morgan fingerprint density at radius 3 is 1.44 bits per heavy atom. The molecule has 4 heteroatoms. The van der Waals surface area contributed by atoms with Crippen LogP contribution < -0.4 is 0 Å². The van der Waals surface area contributed by atoms with Crippen molar-refractivity contribution in [3.05, 3.63) is 24.5 Å². The van der Waals surface area contributed by atoms with Crippen LogP contribution in [-0.2, 0) is 0 Å². The minimum atomic E-state index is 1.25. The van der Waals surface area contributed by atoms with Gasteiger partial charge in [-0.3, -0.25) is 0 Å². The first kappa shape index (κ1) is 5.81. The second-order valence-corrected chi connectivity index (χ2v) is 1.42. The number of hydrogen-bond donors (Lipinski definition) is 0. The SMILES string of the molecule is C1=CC1.c1cnnnn1. The van der Waals surface area contributed by atoms with E-state index in [-0.39, 0.29) is 0 Å². The number of nitrogens with zero attached hydrogens (tertiary/aromatic N) is 4. The van der Waals surface area contributed by atoms with Gasteiger partial charge in [-0.15, -0.1) is 10.2 Å². The van der Waals surface area contributed by atoms with Gasteiger partial charge >= 0.3 is 0 Å². The van der Waals surface area contributed by atoms with Gasteiger partial charge in [-0.05, 0) is 16.8 Å². The molecule has 4 nitrogen and oxygen atoms in total. The summed E-state index contributed by atoms with van der Waals surface area (Å²) >= 11 is 0. The van der Waals surface area contributed by atoms with Gasteiger partial charge < -0.3 is 0 Å². The van der Waals surface area contributed by atoms with Gasteiger partial charge in [-0.2, -0.15) is 0 Å². The summed E-state index contributed by atoms with van der Waals surface area (Å²) in [5, 5.41) is 13.1.